The van der Waals surface area contributed by atoms with Crippen molar-refractivity contribution >= 4 is 29.1 Å². The van der Waals surface area contributed by atoms with Crippen molar-refractivity contribution in [2.75, 3.05) is 18.6 Å². The van der Waals surface area contributed by atoms with E-state index >= 15 is 0 Å². The number of aryl methyl sites for hydroxylation is 1. The smallest absolute Gasteiger partial charge is 0.227 e. The Morgan fingerprint density at radius 3 is 2.69 bits per heavy atom. The van der Waals surface area contributed by atoms with E-state index in [0.717, 1.165) is 5.56 Å². The summed E-state index contributed by atoms with van der Waals surface area (Å²) in [6, 6.07) is 13.1. The fraction of sp³-hybridized carbons (Fsp3) is 0.300. The predicted octanol–water partition coefficient (Wildman–Crippen LogP) is 3.33. The highest BCUT2D eigenvalue weighted by Crippen LogP contribution is 2.35. The number of rotatable bonds is 5. The van der Waals surface area contributed by atoms with Crippen LogP contribution in [0.4, 0.5) is 5.69 Å². The van der Waals surface area contributed by atoms with Crippen LogP contribution in [0.2, 0.25) is 5.02 Å². The van der Waals surface area contributed by atoms with E-state index in [1.54, 1.807) is 30.2 Å². The van der Waals surface area contributed by atoms with Crippen molar-refractivity contribution in [3.05, 3.63) is 58.6 Å². The highest BCUT2D eigenvalue weighted by molar-refractivity contribution is 6.31. The van der Waals surface area contributed by atoms with Gasteiger partial charge in [-0.2, -0.15) is 0 Å². The van der Waals surface area contributed by atoms with Gasteiger partial charge in [-0.1, -0.05) is 41.4 Å². The Balaban J connectivity index is 1.66. The minimum Gasteiger partial charge on any atom is -0.495 e. The van der Waals surface area contributed by atoms with Crippen molar-refractivity contribution in [3.63, 3.8) is 0 Å². The molecule has 6 heteroatoms. The van der Waals surface area contributed by atoms with E-state index in [-0.39, 0.29) is 18.2 Å². The second kappa shape index (κ2) is 7.79. The van der Waals surface area contributed by atoms with Crippen LogP contribution in [0.15, 0.2) is 42.5 Å². The second-order valence-electron chi connectivity index (χ2n) is 6.42. The van der Waals surface area contributed by atoms with E-state index in [0.29, 0.717) is 29.5 Å². The highest BCUT2D eigenvalue weighted by Gasteiger charge is 2.36. The molecule has 136 valence electrons. The number of nitrogens with zero attached hydrogens (tertiary/aromatic N) is 1. The van der Waals surface area contributed by atoms with Gasteiger partial charge in [-0.15, -0.1) is 0 Å². The summed E-state index contributed by atoms with van der Waals surface area (Å²) in [6.07, 6.45) is 0.176. The summed E-state index contributed by atoms with van der Waals surface area (Å²) in [5, 5.41) is 3.43. The first kappa shape index (κ1) is 18.3. The molecule has 0 aromatic heterocycles. The summed E-state index contributed by atoms with van der Waals surface area (Å²) < 4.78 is 5.32. The Morgan fingerprint density at radius 2 is 2.00 bits per heavy atom. The van der Waals surface area contributed by atoms with Gasteiger partial charge in [0, 0.05) is 24.5 Å². The molecule has 0 unspecified atom stereocenters. The van der Waals surface area contributed by atoms with Gasteiger partial charge in [0.25, 0.3) is 0 Å². The van der Waals surface area contributed by atoms with Crippen LogP contribution in [-0.2, 0) is 16.1 Å². The summed E-state index contributed by atoms with van der Waals surface area (Å²) in [4.78, 5) is 26.5. The first-order valence-electron chi connectivity index (χ1n) is 8.45. The molecule has 1 aliphatic rings. The van der Waals surface area contributed by atoms with Gasteiger partial charge in [-0.25, -0.2) is 0 Å². The molecule has 2 aromatic carbocycles. The lowest BCUT2D eigenvalue weighted by Crippen LogP contribution is -2.32. The maximum Gasteiger partial charge on any atom is 0.227 e. The highest BCUT2D eigenvalue weighted by atomic mass is 35.5. The zero-order valence-electron chi connectivity index (χ0n) is 14.8. The Bertz CT molecular complexity index is 820. The lowest BCUT2D eigenvalue weighted by Gasteiger charge is -2.20. The fourth-order valence-corrected chi connectivity index (χ4v) is 3.20. The van der Waals surface area contributed by atoms with Gasteiger partial charge in [0.2, 0.25) is 11.8 Å². The normalized spacial score (nSPS) is 16.7. The average Bonchev–Trinajstić information content (AvgIpc) is 3.02. The van der Waals surface area contributed by atoms with Crippen LogP contribution in [0.3, 0.4) is 0 Å². The Labute approximate surface area is 157 Å². The molecule has 2 aromatic rings. The molecule has 2 amide bonds. The average molecular weight is 373 g/mol. The number of benzene rings is 2. The van der Waals surface area contributed by atoms with E-state index in [9.17, 15) is 9.59 Å². The molecule has 1 N–H and O–H groups in total. The topological polar surface area (TPSA) is 58.6 Å². The van der Waals surface area contributed by atoms with Crippen LogP contribution >= 0.6 is 11.6 Å². The zero-order chi connectivity index (χ0) is 18.7. The third kappa shape index (κ3) is 3.99. The molecule has 1 heterocycles. The summed E-state index contributed by atoms with van der Waals surface area (Å²) in [5.74, 6) is -0.0661. The van der Waals surface area contributed by atoms with Crippen LogP contribution in [0, 0.1) is 12.8 Å². The molecule has 0 saturated carbocycles. The van der Waals surface area contributed by atoms with Crippen molar-refractivity contribution in [2.24, 2.45) is 5.92 Å². The number of nitrogens with one attached hydrogen (secondary N) is 1. The number of methoxy groups -OCH3 is 1. The molecule has 1 saturated heterocycles. The minimum absolute atomic E-state index is 0.110. The van der Waals surface area contributed by atoms with E-state index in [2.05, 4.69) is 5.32 Å². The number of halogens is 1. The predicted molar refractivity (Wildman–Crippen MR) is 101 cm³/mol. The molecular weight excluding hydrogens is 352 g/mol. The number of hydrogen-bond donors (Lipinski definition) is 1. The summed E-state index contributed by atoms with van der Waals surface area (Å²) in [7, 11) is 1.54. The van der Waals surface area contributed by atoms with E-state index < -0.39 is 5.92 Å². The monoisotopic (exact) mass is 372 g/mol. The van der Waals surface area contributed by atoms with Gasteiger partial charge in [-0.3, -0.25) is 9.59 Å². The van der Waals surface area contributed by atoms with Crippen LogP contribution in [0.25, 0.3) is 0 Å². The molecule has 0 bridgehead atoms. The molecule has 0 spiro atoms. The maximum absolute atomic E-state index is 12.5. The van der Waals surface area contributed by atoms with Crippen molar-refractivity contribution in [1.82, 2.24) is 5.32 Å². The molecule has 0 aliphatic carbocycles. The largest absolute Gasteiger partial charge is 0.495 e. The van der Waals surface area contributed by atoms with Crippen molar-refractivity contribution in [2.45, 2.75) is 19.9 Å². The summed E-state index contributed by atoms with van der Waals surface area (Å²) in [5.41, 5.74) is 2.80. The molecule has 0 radical (unpaired) electrons. The molecule has 5 nitrogen and oxygen atoms in total. The number of anilines is 1. The molecule has 1 atom stereocenters. The first-order chi connectivity index (χ1) is 12.5. The summed E-state index contributed by atoms with van der Waals surface area (Å²) >= 11 is 6.05. The Kier molecular flexibility index (Phi) is 5.47. The molecular formula is C20H21ClN2O3. The van der Waals surface area contributed by atoms with Gasteiger partial charge in [0.1, 0.15) is 5.75 Å². The van der Waals surface area contributed by atoms with Crippen LogP contribution < -0.4 is 15.0 Å². The van der Waals surface area contributed by atoms with E-state index in [1.807, 2.05) is 31.2 Å². The number of carbonyl (C=O) groups is 2. The van der Waals surface area contributed by atoms with Crippen molar-refractivity contribution in [1.29, 1.82) is 0 Å². The molecule has 1 aliphatic heterocycles. The first-order valence-corrected chi connectivity index (χ1v) is 8.83. The fourth-order valence-electron chi connectivity index (χ4n) is 3.03. The third-order valence-electron chi connectivity index (χ3n) is 4.51. The van der Waals surface area contributed by atoms with Crippen LogP contribution in [0.5, 0.6) is 5.75 Å². The number of hydrogen-bond acceptors (Lipinski definition) is 3. The van der Waals surface area contributed by atoms with Crippen LogP contribution in [-0.4, -0.2) is 25.5 Å². The van der Waals surface area contributed by atoms with E-state index in [4.69, 9.17) is 16.3 Å². The number of carbonyl (C=O) groups excluding carboxylic acids is 2. The molecule has 3 rings (SSSR count). The van der Waals surface area contributed by atoms with Crippen LogP contribution in [0.1, 0.15) is 17.5 Å². The van der Waals surface area contributed by atoms with Gasteiger partial charge < -0.3 is 15.0 Å². The third-order valence-corrected chi connectivity index (χ3v) is 4.75. The van der Waals surface area contributed by atoms with Gasteiger partial charge >= 0.3 is 0 Å². The second-order valence-corrected chi connectivity index (χ2v) is 6.86. The maximum atomic E-state index is 12.5. The quantitative estimate of drug-likeness (QED) is 0.875. The summed E-state index contributed by atoms with van der Waals surface area (Å²) in [6.45, 7) is 2.78. The lowest BCUT2D eigenvalue weighted by molar-refractivity contribution is -0.126. The van der Waals surface area contributed by atoms with Gasteiger partial charge in [-0.05, 0) is 30.7 Å². The molecule has 1 fully saturated rings. The Hall–Kier alpha value is -2.53. The minimum atomic E-state index is -0.392. The zero-order valence-corrected chi connectivity index (χ0v) is 15.5. The number of ether oxygens (including phenoxy) is 1. The van der Waals surface area contributed by atoms with Crippen molar-refractivity contribution < 1.29 is 14.3 Å². The van der Waals surface area contributed by atoms with Gasteiger partial charge in [0.15, 0.2) is 0 Å². The van der Waals surface area contributed by atoms with Gasteiger partial charge in [0.05, 0.1) is 18.7 Å². The molecule has 26 heavy (non-hydrogen) atoms. The SMILES string of the molecule is COc1ccc(Cl)cc1N1C[C@@H](C(=O)NCc2ccc(C)cc2)CC1=O. The van der Waals surface area contributed by atoms with E-state index in [1.165, 1.54) is 5.56 Å². The standard InChI is InChI=1S/C20H21ClN2O3/c1-13-3-5-14(6-4-13)11-22-20(25)15-9-19(24)23(12-15)17-10-16(21)7-8-18(17)26-2/h3-8,10,15H,9,11-12H2,1-2H3,(H,22,25)/t15-/m0/s1. The number of amides is 2. The van der Waals surface area contributed by atoms with Crippen molar-refractivity contribution in [3.8, 4) is 5.75 Å². The Morgan fingerprint density at radius 1 is 1.27 bits per heavy atom. The lowest BCUT2D eigenvalue weighted by atomic mass is 10.1.